The number of hydrogen-bond donors (Lipinski definition) is 6. The van der Waals surface area contributed by atoms with Crippen LogP contribution < -0.4 is 32.8 Å². The van der Waals surface area contributed by atoms with E-state index in [4.69, 9.17) is 0 Å². The smallest absolute Gasteiger partial charge is 0.304 e. The number of hydrazine groups is 4. The minimum Gasteiger partial charge on any atom is -0.304 e. The molecule has 20 heavy (non-hydrogen) atoms. The van der Waals surface area contributed by atoms with Crippen LogP contribution in [0.4, 0.5) is 16.2 Å². The van der Waals surface area contributed by atoms with Gasteiger partial charge < -0.3 is 10.9 Å². The second-order valence-corrected chi connectivity index (χ2v) is 3.81. The van der Waals surface area contributed by atoms with E-state index in [-0.39, 0.29) is 0 Å². The molecular weight excluding hydrogens is 256 g/mol. The van der Waals surface area contributed by atoms with Gasteiger partial charge in [-0.15, -0.1) is 11.1 Å². The van der Waals surface area contributed by atoms with Crippen molar-refractivity contribution in [3.05, 3.63) is 60.7 Å². The Hall–Kier alpha value is -2.77. The fraction of sp³-hybridized carbons (Fsp3) is 0. The van der Waals surface area contributed by atoms with E-state index in [1.165, 1.54) is 0 Å². The van der Waals surface area contributed by atoms with E-state index >= 15 is 0 Å². The van der Waals surface area contributed by atoms with Gasteiger partial charge >= 0.3 is 6.03 Å². The van der Waals surface area contributed by atoms with E-state index in [2.05, 4.69) is 32.8 Å². The first kappa shape index (κ1) is 13.7. The van der Waals surface area contributed by atoms with Gasteiger partial charge in [-0.2, -0.15) is 0 Å². The Morgan fingerprint density at radius 1 is 0.650 bits per heavy atom. The first-order valence-corrected chi connectivity index (χ1v) is 6.03. The largest absolute Gasteiger partial charge is 0.346 e. The van der Waals surface area contributed by atoms with Gasteiger partial charge in [-0.1, -0.05) is 36.4 Å². The average Bonchev–Trinajstić information content (AvgIpc) is 2.49. The molecular formula is C13H16N6O. The molecule has 0 bridgehead atoms. The maximum Gasteiger partial charge on any atom is 0.346 e. The topological polar surface area (TPSA) is 89.2 Å². The van der Waals surface area contributed by atoms with Crippen LogP contribution in [0.5, 0.6) is 0 Å². The highest BCUT2D eigenvalue weighted by molar-refractivity contribution is 5.73. The number of carbonyl (C=O) groups excluding carboxylic acids is 1. The first-order valence-electron chi connectivity index (χ1n) is 6.03. The highest BCUT2D eigenvalue weighted by Crippen LogP contribution is 2.02. The molecule has 0 saturated heterocycles. The molecule has 2 aromatic carbocycles. The summed E-state index contributed by atoms with van der Waals surface area (Å²) < 4.78 is 0. The number of anilines is 2. The van der Waals surface area contributed by atoms with Crippen molar-refractivity contribution in [2.75, 3.05) is 10.9 Å². The summed E-state index contributed by atoms with van der Waals surface area (Å²) in [6, 6.07) is 18.4. The van der Waals surface area contributed by atoms with E-state index in [1.54, 1.807) is 0 Å². The zero-order chi connectivity index (χ0) is 14.0. The van der Waals surface area contributed by atoms with Crippen molar-refractivity contribution in [2.24, 2.45) is 0 Å². The molecule has 104 valence electrons. The summed E-state index contributed by atoms with van der Waals surface area (Å²) in [5.74, 6) is 0. The molecule has 0 heterocycles. The third-order valence-electron chi connectivity index (χ3n) is 2.31. The van der Waals surface area contributed by atoms with Crippen LogP contribution in [-0.2, 0) is 0 Å². The van der Waals surface area contributed by atoms with Crippen LogP contribution in [0.1, 0.15) is 0 Å². The van der Waals surface area contributed by atoms with Crippen LogP contribution in [0.3, 0.4) is 0 Å². The molecule has 0 radical (unpaired) electrons. The van der Waals surface area contributed by atoms with Crippen LogP contribution in [0.15, 0.2) is 60.7 Å². The van der Waals surface area contributed by atoms with Crippen molar-refractivity contribution >= 4 is 17.4 Å². The predicted molar refractivity (Wildman–Crippen MR) is 78.1 cm³/mol. The number of hydrogen-bond acceptors (Lipinski definition) is 5. The standard InChI is InChI=1S/C13H16N6O/c20-13(16-18-14-11-7-3-1-4-8-11)17-19-15-12-9-5-2-6-10-12/h1-10,14-15,18-19H,(H2,16,17,20). The molecule has 0 saturated carbocycles. The Balaban J connectivity index is 1.59. The van der Waals surface area contributed by atoms with Gasteiger partial charge in [0.25, 0.3) is 0 Å². The maximum absolute atomic E-state index is 11.4. The van der Waals surface area contributed by atoms with Crippen LogP contribution in [0.2, 0.25) is 0 Å². The average molecular weight is 272 g/mol. The molecule has 7 heteroatoms. The van der Waals surface area contributed by atoms with Crippen LogP contribution in [-0.4, -0.2) is 6.03 Å². The van der Waals surface area contributed by atoms with E-state index in [0.717, 1.165) is 11.4 Å². The zero-order valence-electron chi connectivity index (χ0n) is 10.7. The van der Waals surface area contributed by atoms with Crippen molar-refractivity contribution in [3.63, 3.8) is 0 Å². The molecule has 6 N–H and O–H groups in total. The Morgan fingerprint density at radius 2 is 1.05 bits per heavy atom. The molecule has 7 nitrogen and oxygen atoms in total. The van der Waals surface area contributed by atoms with Crippen molar-refractivity contribution in [3.8, 4) is 0 Å². The SMILES string of the molecule is O=C(NNNc1ccccc1)NNNc1ccccc1. The number of para-hydroxylation sites is 2. The van der Waals surface area contributed by atoms with E-state index in [9.17, 15) is 4.79 Å². The molecule has 0 aliphatic carbocycles. The summed E-state index contributed by atoms with van der Waals surface area (Å²) in [5, 5.41) is 0. The predicted octanol–water partition coefficient (Wildman–Crippen LogP) is 1.35. The molecule has 2 amide bonds. The van der Waals surface area contributed by atoms with Gasteiger partial charge in [0.05, 0.1) is 11.4 Å². The summed E-state index contributed by atoms with van der Waals surface area (Å²) in [4.78, 5) is 11.4. The number of amides is 2. The lowest BCUT2D eigenvalue weighted by molar-refractivity contribution is 0.234. The number of carbonyl (C=O) groups is 1. The minimum atomic E-state index is -0.447. The van der Waals surface area contributed by atoms with Gasteiger partial charge in [-0.05, 0) is 24.3 Å². The summed E-state index contributed by atoms with van der Waals surface area (Å²) in [5.41, 5.74) is 17.2. The van der Waals surface area contributed by atoms with Crippen molar-refractivity contribution < 1.29 is 4.79 Å². The molecule has 0 atom stereocenters. The first-order chi connectivity index (χ1) is 9.84. The third-order valence-corrected chi connectivity index (χ3v) is 2.31. The number of benzene rings is 2. The summed E-state index contributed by atoms with van der Waals surface area (Å²) >= 11 is 0. The summed E-state index contributed by atoms with van der Waals surface area (Å²) in [6.45, 7) is 0. The van der Waals surface area contributed by atoms with Crippen LogP contribution >= 0.6 is 0 Å². The third kappa shape index (κ3) is 4.84. The van der Waals surface area contributed by atoms with Crippen LogP contribution in [0, 0.1) is 0 Å². The number of nitrogens with one attached hydrogen (secondary N) is 6. The van der Waals surface area contributed by atoms with E-state index in [1.807, 2.05) is 60.7 Å². The Labute approximate surface area is 116 Å². The lowest BCUT2D eigenvalue weighted by atomic mass is 10.3. The molecule has 0 spiro atoms. The second-order valence-electron chi connectivity index (χ2n) is 3.81. The quantitative estimate of drug-likeness (QED) is 0.447. The van der Waals surface area contributed by atoms with Gasteiger partial charge in [-0.3, -0.25) is 10.9 Å². The normalized spacial score (nSPS) is 9.60. The fourth-order valence-corrected chi connectivity index (χ4v) is 1.39. The van der Waals surface area contributed by atoms with E-state index in [0.29, 0.717) is 0 Å². The monoisotopic (exact) mass is 272 g/mol. The molecule has 0 unspecified atom stereocenters. The van der Waals surface area contributed by atoms with E-state index < -0.39 is 6.03 Å². The summed E-state index contributed by atoms with van der Waals surface area (Å²) in [6.07, 6.45) is 0. The van der Waals surface area contributed by atoms with Gasteiger partial charge in [0, 0.05) is 0 Å². The molecule has 2 aromatic rings. The second kappa shape index (κ2) is 7.62. The lowest BCUT2D eigenvalue weighted by Crippen LogP contribution is -2.52. The van der Waals surface area contributed by atoms with Crippen molar-refractivity contribution in [1.29, 1.82) is 0 Å². The van der Waals surface area contributed by atoms with Crippen molar-refractivity contribution in [2.45, 2.75) is 0 Å². The highest BCUT2D eigenvalue weighted by atomic mass is 16.2. The van der Waals surface area contributed by atoms with Gasteiger partial charge in [0.1, 0.15) is 0 Å². The number of rotatable bonds is 6. The fourth-order valence-electron chi connectivity index (χ4n) is 1.39. The molecule has 2 rings (SSSR count). The molecule has 0 aliphatic rings. The maximum atomic E-state index is 11.4. The number of urea groups is 1. The Bertz CT molecular complexity index is 471. The van der Waals surface area contributed by atoms with Gasteiger partial charge in [0.15, 0.2) is 0 Å². The van der Waals surface area contributed by atoms with Gasteiger partial charge in [0.2, 0.25) is 0 Å². The zero-order valence-corrected chi connectivity index (χ0v) is 10.7. The Kier molecular flexibility index (Phi) is 5.20. The summed E-state index contributed by atoms with van der Waals surface area (Å²) in [7, 11) is 0. The molecule has 0 aromatic heterocycles. The molecule has 0 fully saturated rings. The Morgan fingerprint density at radius 3 is 1.45 bits per heavy atom. The highest BCUT2D eigenvalue weighted by Gasteiger charge is 1.97. The van der Waals surface area contributed by atoms with Crippen molar-refractivity contribution in [1.82, 2.24) is 21.9 Å². The van der Waals surface area contributed by atoms with Gasteiger partial charge in [-0.25, -0.2) is 4.79 Å². The lowest BCUT2D eigenvalue weighted by Gasteiger charge is -2.12. The van der Waals surface area contributed by atoms with Crippen LogP contribution in [0.25, 0.3) is 0 Å². The molecule has 0 aliphatic heterocycles. The minimum absolute atomic E-state index is 0.447.